The molecule has 0 unspecified atom stereocenters. The van der Waals surface area contributed by atoms with Gasteiger partial charge in [0.05, 0.1) is 5.69 Å². The highest BCUT2D eigenvalue weighted by atomic mass is 19.4. The van der Waals surface area contributed by atoms with Gasteiger partial charge in [0, 0.05) is 11.9 Å². The number of ether oxygens (including phenoxy) is 1. The zero-order valence-corrected chi connectivity index (χ0v) is 14.9. The minimum atomic E-state index is -4.71. The molecule has 0 aromatic heterocycles. The maximum atomic E-state index is 12.3. The van der Waals surface area contributed by atoms with Crippen LogP contribution in [-0.2, 0) is 0 Å². The van der Waals surface area contributed by atoms with Gasteiger partial charge in [-0.2, -0.15) is 0 Å². The predicted molar refractivity (Wildman–Crippen MR) is 99.9 cm³/mol. The predicted octanol–water partition coefficient (Wildman–Crippen LogP) is 6.20. The first-order valence-electron chi connectivity index (χ1n) is 8.15. The van der Waals surface area contributed by atoms with Crippen molar-refractivity contribution >= 4 is 17.6 Å². The molecule has 2 N–H and O–H groups in total. The Morgan fingerprint density at radius 2 is 1.85 bits per heavy atom. The second-order valence-electron chi connectivity index (χ2n) is 5.93. The largest absolute Gasteiger partial charge is 0.573 e. The van der Waals surface area contributed by atoms with Gasteiger partial charge in [-0.15, -0.1) is 13.2 Å². The van der Waals surface area contributed by atoms with Gasteiger partial charge in [-0.05, 0) is 67.3 Å². The van der Waals surface area contributed by atoms with E-state index in [0.29, 0.717) is 5.69 Å². The van der Waals surface area contributed by atoms with Crippen LogP contribution in [0, 0.1) is 6.92 Å². The van der Waals surface area contributed by atoms with Gasteiger partial charge in [0.1, 0.15) is 5.75 Å². The van der Waals surface area contributed by atoms with Gasteiger partial charge < -0.3 is 10.5 Å². The van der Waals surface area contributed by atoms with E-state index in [2.05, 4.69) is 16.7 Å². The van der Waals surface area contributed by atoms with Crippen LogP contribution in [0.3, 0.4) is 0 Å². The van der Waals surface area contributed by atoms with Crippen molar-refractivity contribution in [2.45, 2.75) is 33.6 Å². The van der Waals surface area contributed by atoms with Crippen LogP contribution >= 0.6 is 0 Å². The third-order valence-electron chi connectivity index (χ3n) is 3.93. The Morgan fingerprint density at radius 3 is 2.42 bits per heavy atom. The third-order valence-corrected chi connectivity index (χ3v) is 3.93. The number of aliphatic imine (C=N–C) groups is 1. The first-order chi connectivity index (χ1) is 12.2. The van der Waals surface area contributed by atoms with Gasteiger partial charge in [-0.25, -0.2) is 0 Å². The normalized spacial score (nSPS) is 12.6. The molecule has 6 heteroatoms. The minimum Gasteiger partial charge on any atom is -0.406 e. The Bertz CT molecular complexity index is 822. The molecule has 0 bridgehead atoms. The van der Waals surface area contributed by atoms with Gasteiger partial charge in [-0.3, -0.25) is 4.99 Å². The van der Waals surface area contributed by atoms with Gasteiger partial charge >= 0.3 is 6.36 Å². The Morgan fingerprint density at radius 1 is 1.19 bits per heavy atom. The molecule has 0 amide bonds. The van der Waals surface area contributed by atoms with E-state index in [4.69, 9.17) is 5.73 Å². The lowest BCUT2D eigenvalue weighted by atomic mass is 9.98. The van der Waals surface area contributed by atoms with Crippen molar-refractivity contribution in [3.05, 3.63) is 53.6 Å². The van der Waals surface area contributed by atoms with Gasteiger partial charge in [-0.1, -0.05) is 24.6 Å². The first-order valence-corrected chi connectivity index (χ1v) is 8.15. The molecule has 0 heterocycles. The summed E-state index contributed by atoms with van der Waals surface area (Å²) in [4.78, 5) is 4.45. The van der Waals surface area contributed by atoms with E-state index in [1.165, 1.54) is 17.7 Å². The van der Waals surface area contributed by atoms with Gasteiger partial charge in [0.2, 0.25) is 0 Å². The summed E-state index contributed by atoms with van der Waals surface area (Å²) < 4.78 is 40.7. The van der Waals surface area contributed by atoms with E-state index < -0.39 is 6.36 Å². The maximum Gasteiger partial charge on any atom is 0.573 e. The summed E-state index contributed by atoms with van der Waals surface area (Å²) in [6.07, 6.45) is -0.101. The molecular weight excluding hydrogens is 341 g/mol. The molecule has 0 saturated carbocycles. The van der Waals surface area contributed by atoms with E-state index in [1.54, 1.807) is 30.5 Å². The van der Waals surface area contributed by atoms with E-state index in [-0.39, 0.29) is 5.75 Å². The summed E-state index contributed by atoms with van der Waals surface area (Å²) in [5, 5.41) is 0. The number of benzene rings is 2. The zero-order valence-electron chi connectivity index (χ0n) is 14.9. The van der Waals surface area contributed by atoms with E-state index in [0.717, 1.165) is 28.8 Å². The van der Waals surface area contributed by atoms with Crippen LogP contribution in [-0.4, -0.2) is 12.6 Å². The van der Waals surface area contributed by atoms with E-state index in [9.17, 15) is 13.2 Å². The molecule has 2 rings (SSSR count). The summed E-state index contributed by atoms with van der Waals surface area (Å²) in [6.45, 7) is 5.99. The SMILES string of the molecule is CC/C(C)=C/C=Nc1cc(N)cc(-c2ccc(OC(F)(F)F)cc2)c1C. The fourth-order valence-corrected chi connectivity index (χ4v) is 2.35. The highest BCUT2D eigenvalue weighted by Gasteiger charge is 2.30. The Hall–Kier alpha value is -2.76. The summed E-state index contributed by atoms with van der Waals surface area (Å²) in [5.74, 6) is -0.263. The van der Waals surface area contributed by atoms with Crippen LogP contribution < -0.4 is 10.5 Å². The van der Waals surface area contributed by atoms with Gasteiger partial charge in [0.25, 0.3) is 0 Å². The molecule has 2 aromatic rings. The summed E-state index contributed by atoms with van der Waals surface area (Å²) in [6, 6.07) is 9.24. The smallest absolute Gasteiger partial charge is 0.406 e. The third kappa shape index (κ3) is 5.37. The number of nitrogens with two attached hydrogens (primary N) is 1. The molecule has 3 nitrogen and oxygen atoms in total. The van der Waals surface area contributed by atoms with Crippen molar-refractivity contribution in [3.63, 3.8) is 0 Å². The fraction of sp³-hybridized carbons (Fsp3) is 0.250. The van der Waals surface area contributed by atoms with E-state index in [1.807, 2.05) is 19.9 Å². The molecule has 0 aliphatic carbocycles. The topological polar surface area (TPSA) is 47.6 Å². The lowest BCUT2D eigenvalue weighted by Gasteiger charge is -2.12. The molecule has 0 fully saturated rings. The number of hydrogen-bond donors (Lipinski definition) is 1. The Balaban J connectivity index is 2.35. The molecule has 0 spiro atoms. The molecule has 0 aliphatic heterocycles. The van der Waals surface area contributed by atoms with Crippen molar-refractivity contribution < 1.29 is 17.9 Å². The molecule has 0 saturated heterocycles. The first kappa shape index (κ1) is 19.6. The average molecular weight is 362 g/mol. The monoisotopic (exact) mass is 362 g/mol. The van der Waals surface area contributed by atoms with Crippen molar-refractivity contribution in [1.82, 2.24) is 0 Å². The summed E-state index contributed by atoms with van der Waals surface area (Å²) in [7, 11) is 0. The number of nitrogen functional groups attached to an aromatic ring is 1. The van der Waals surface area contributed by atoms with Crippen molar-refractivity contribution in [3.8, 4) is 16.9 Å². The molecule has 0 atom stereocenters. The highest BCUT2D eigenvalue weighted by Crippen LogP contribution is 2.34. The van der Waals surface area contributed by atoms with Crippen LogP contribution in [0.4, 0.5) is 24.5 Å². The molecule has 138 valence electrons. The maximum absolute atomic E-state index is 12.3. The Kier molecular flexibility index (Phi) is 6.08. The lowest BCUT2D eigenvalue weighted by molar-refractivity contribution is -0.274. The van der Waals surface area contributed by atoms with Crippen molar-refractivity contribution in [1.29, 1.82) is 0 Å². The van der Waals surface area contributed by atoms with Crippen molar-refractivity contribution in [2.75, 3.05) is 5.73 Å². The number of allylic oxidation sites excluding steroid dienone is 2. The van der Waals surface area contributed by atoms with Crippen LogP contribution in [0.15, 0.2) is 53.0 Å². The standard InChI is InChI=1S/C20H21F3N2O/c1-4-13(2)9-10-25-19-12-16(24)11-18(14(19)3)15-5-7-17(8-6-15)26-20(21,22)23/h5-12H,4,24H2,1-3H3/b13-9+,25-10?. The second kappa shape index (κ2) is 8.08. The van der Waals surface area contributed by atoms with Crippen LogP contribution in [0.2, 0.25) is 0 Å². The number of anilines is 1. The van der Waals surface area contributed by atoms with Crippen LogP contribution in [0.1, 0.15) is 25.8 Å². The number of rotatable bonds is 5. The minimum absolute atomic E-state index is 0.263. The second-order valence-corrected chi connectivity index (χ2v) is 5.93. The van der Waals surface area contributed by atoms with Crippen molar-refractivity contribution in [2.24, 2.45) is 4.99 Å². The van der Waals surface area contributed by atoms with Crippen LogP contribution in [0.25, 0.3) is 11.1 Å². The number of alkyl halides is 3. The highest BCUT2D eigenvalue weighted by molar-refractivity contribution is 5.81. The number of hydrogen-bond acceptors (Lipinski definition) is 3. The molecular formula is C20H21F3N2O. The number of halogens is 3. The lowest BCUT2D eigenvalue weighted by Crippen LogP contribution is -2.16. The summed E-state index contributed by atoms with van der Waals surface area (Å²) >= 11 is 0. The zero-order chi connectivity index (χ0) is 19.3. The number of nitrogens with zero attached hydrogens (tertiary/aromatic N) is 1. The van der Waals surface area contributed by atoms with Crippen LogP contribution in [0.5, 0.6) is 5.75 Å². The van der Waals surface area contributed by atoms with Gasteiger partial charge in [0.15, 0.2) is 0 Å². The van der Waals surface area contributed by atoms with E-state index >= 15 is 0 Å². The molecule has 0 radical (unpaired) electrons. The quantitative estimate of drug-likeness (QED) is 0.508. The summed E-state index contributed by atoms with van der Waals surface area (Å²) in [5.41, 5.74) is 10.9. The fourth-order valence-electron chi connectivity index (χ4n) is 2.35. The Labute approximate surface area is 151 Å². The molecule has 2 aromatic carbocycles. The average Bonchev–Trinajstić information content (AvgIpc) is 2.56. The molecule has 0 aliphatic rings. The molecule has 26 heavy (non-hydrogen) atoms.